The van der Waals surface area contributed by atoms with Gasteiger partial charge in [-0.1, -0.05) is 27.7 Å². The van der Waals surface area contributed by atoms with Gasteiger partial charge >= 0.3 is 0 Å². The first-order valence-corrected chi connectivity index (χ1v) is 5.42. The van der Waals surface area contributed by atoms with Crippen LogP contribution in [0.1, 0.15) is 41.0 Å². The van der Waals surface area contributed by atoms with E-state index < -0.39 is 11.3 Å². The Morgan fingerprint density at radius 3 is 2.27 bits per heavy atom. The van der Waals surface area contributed by atoms with Crippen LogP contribution in [0.2, 0.25) is 0 Å². The zero-order chi connectivity index (χ0) is 11.9. The van der Waals surface area contributed by atoms with Crippen LogP contribution in [0, 0.1) is 11.3 Å². The van der Waals surface area contributed by atoms with E-state index in [1.165, 1.54) is 0 Å². The van der Waals surface area contributed by atoms with Gasteiger partial charge in [0.1, 0.15) is 0 Å². The van der Waals surface area contributed by atoms with E-state index in [-0.39, 0.29) is 11.5 Å². The standard InChI is InChI=1S/C12H20F2O/c1-8(2)10-9(3)15-7-6-11(4,5)12(10,13)14/h8H,6-7H2,1-5H3. The van der Waals surface area contributed by atoms with Gasteiger partial charge < -0.3 is 4.74 Å². The summed E-state index contributed by atoms with van der Waals surface area (Å²) < 4.78 is 33.9. The Hall–Kier alpha value is -0.600. The first-order chi connectivity index (χ1) is 6.70. The van der Waals surface area contributed by atoms with Crippen molar-refractivity contribution in [3.8, 4) is 0 Å². The van der Waals surface area contributed by atoms with Gasteiger partial charge in [-0.3, -0.25) is 0 Å². The van der Waals surface area contributed by atoms with Gasteiger partial charge in [0.2, 0.25) is 0 Å². The molecule has 0 bridgehead atoms. The largest absolute Gasteiger partial charge is 0.498 e. The summed E-state index contributed by atoms with van der Waals surface area (Å²) in [6, 6.07) is 0. The van der Waals surface area contributed by atoms with Crippen molar-refractivity contribution in [1.82, 2.24) is 0 Å². The van der Waals surface area contributed by atoms with Crippen molar-refractivity contribution in [1.29, 1.82) is 0 Å². The molecule has 1 aliphatic rings. The molecule has 0 saturated carbocycles. The fourth-order valence-corrected chi connectivity index (χ4v) is 2.05. The predicted octanol–water partition coefficient (Wildman–Crippen LogP) is 4.00. The van der Waals surface area contributed by atoms with E-state index >= 15 is 0 Å². The summed E-state index contributed by atoms with van der Waals surface area (Å²) in [5.74, 6) is -2.56. The van der Waals surface area contributed by atoms with Gasteiger partial charge in [-0.15, -0.1) is 0 Å². The number of hydrogen-bond donors (Lipinski definition) is 0. The summed E-state index contributed by atoms with van der Waals surface area (Å²) in [5.41, 5.74) is -0.866. The molecule has 0 saturated heterocycles. The zero-order valence-electron chi connectivity index (χ0n) is 10.2. The van der Waals surface area contributed by atoms with Crippen LogP contribution in [0.5, 0.6) is 0 Å². The van der Waals surface area contributed by atoms with Crippen LogP contribution in [0.4, 0.5) is 8.78 Å². The Morgan fingerprint density at radius 1 is 1.27 bits per heavy atom. The molecule has 0 fully saturated rings. The Morgan fingerprint density at radius 2 is 1.80 bits per heavy atom. The van der Waals surface area contributed by atoms with Crippen LogP contribution >= 0.6 is 0 Å². The van der Waals surface area contributed by atoms with E-state index in [0.717, 1.165) is 0 Å². The highest BCUT2D eigenvalue weighted by Gasteiger charge is 2.52. The Balaban J connectivity index is 3.25. The van der Waals surface area contributed by atoms with E-state index in [1.54, 1.807) is 34.6 Å². The molecule has 0 radical (unpaired) electrons. The molecule has 0 aromatic carbocycles. The number of hydrogen-bond acceptors (Lipinski definition) is 1. The second kappa shape index (κ2) is 3.76. The molecule has 0 aromatic rings. The number of halogens is 2. The van der Waals surface area contributed by atoms with Gasteiger partial charge in [0.05, 0.1) is 12.4 Å². The second-order valence-electron chi connectivity index (χ2n) is 5.18. The van der Waals surface area contributed by atoms with Crippen LogP contribution in [0.25, 0.3) is 0 Å². The molecule has 3 heteroatoms. The summed E-state index contributed by atoms with van der Waals surface area (Å²) in [5, 5.41) is 0. The first-order valence-electron chi connectivity index (χ1n) is 5.42. The fourth-order valence-electron chi connectivity index (χ4n) is 2.05. The van der Waals surface area contributed by atoms with Gasteiger partial charge in [0, 0.05) is 11.0 Å². The monoisotopic (exact) mass is 218 g/mol. The molecule has 0 atom stereocenters. The van der Waals surface area contributed by atoms with E-state index in [0.29, 0.717) is 18.8 Å². The highest BCUT2D eigenvalue weighted by Crippen LogP contribution is 2.49. The van der Waals surface area contributed by atoms with Gasteiger partial charge in [-0.25, -0.2) is 8.78 Å². The third-order valence-corrected chi connectivity index (χ3v) is 3.19. The molecule has 0 spiro atoms. The van der Waals surface area contributed by atoms with Gasteiger partial charge in [-0.2, -0.15) is 0 Å². The van der Waals surface area contributed by atoms with Crippen molar-refractivity contribution < 1.29 is 13.5 Å². The van der Waals surface area contributed by atoms with E-state index in [4.69, 9.17) is 4.74 Å². The lowest BCUT2D eigenvalue weighted by atomic mass is 9.76. The summed E-state index contributed by atoms with van der Waals surface area (Å²) in [6.07, 6.45) is 0.382. The average Bonchev–Trinajstić information content (AvgIpc) is 2.07. The van der Waals surface area contributed by atoms with Gasteiger partial charge in [-0.05, 0) is 19.3 Å². The summed E-state index contributed by atoms with van der Waals surface area (Å²) in [7, 11) is 0. The Kier molecular flexibility index (Phi) is 3.13. The molecule has 1 rings (SSSR count). The maximum Gasteiger partial charge on any atom is 0.278 e. The maximum absolute atomic E-state index is 14.3. The number of alkyl halides is 2. The molecule has 0 aliphatic carbocycles. The minimum Gasteiger partial charge on any atom is -0.498 e. The SMILES string of the molecule is CC1=C(C(C)C)C(F)(F)C(C)(C)CCO1. The molecule has 1 aliphatic heterocycles. The summed E-state index contributed by atoms with van der Waals surface area (Å²) >= 11 is 0. The minimum absolute atomic E-state index is 0.157. The molecule has 15 heavy (non-hydrogen) atoms. The van der Waals surface area contributed by atoms with Gasteiger partial charge in [0.25, 0.3) is 5.92 Å². The molecule has 0 amide bonds. The summed E-state index contributed by atoms with van der Waals surface area (Å²) in [6.45, 7) is 8.82. The molecule has 0 aromatic heterocycles. The Labute approximate surface area is 90.5 Å². The highest BCUT2D eigenvalue weighted by atomic mass is 19.3. The highest BCUT2D eigenvalue weighted by molar-refractivity contribution is 5.23. The van der Waals surface area contributed by atoms with Crippen LogP contribution < -0.4 is 0 Å². The van der Waals surface area contributed by atoms with Gasteiger partial charge in [0.15, 0.2) is 0 Å². The maximum atomic E-state index is 14.3. The second-order valence-corrected chi connectivity index (χ2v) is 5.18. The smallest absolute Gasteiger partial charge is 0.278 e. The van der Waals surface area contributed by atoms with Crippen LogP contribution in [0.3, 0.4) is 0 Å². The van der Waals surface area contributed by atoms with Crippen LogP contribution in [-0.4, -0.2) is 12.5 Å². The topological polar surface area (TPSA) is 9.23 Å². The lowest BCUT2D eigenvalue weighted by Crippen LogP contribution is -2.39. The molecular formula is C12H20F2O. The third kappa shape index (κ3) is 2.01. The zero-order valence-corrected chi connectivity index (χ0v) is 10.2. The van der Waals surface area contributed by atoms with Crippen molar-refractivity contribution in [3.05, 3.63) is 11.3 Å². The third-order valence-electron chi connectivity index (χ3n) is 3.19. The van der Waals surface area contributed by atoms with E-state index in [2.05, 4.69) is 0 Å². The number of rotatable bonds is 1. The van der Waals surface area contributed by atoms with Crippen molar-refractivity contribution in [2.45, 2.75) is 47.0 Å². The molecule has 1 nitrogen and oxygen atoms in total. The average molecular weight is 218 g/mol. The molecular weight excluding hydrogens is 198 g/mol. The lowest BCUT2D eigenvalue weighted by Gasteiger charge is -2.35. The molecule has 0 unspecified atom stereocenters. The molecule has 88 valence electrons. The fraction of sp³-hybridized carbons (Fsp3) is 0.833. The predicted molar refractivity (Wildman–Crippen MR) is 56.8 cm³/mol. The van der Waals surface area contributed by atoms with E-state index in [1.807, 2.05) is 0 Å². The summed E-state index contributed by atoms with van der Waals surface area (Å²) in [4.78, 5) is 0. The normalized spacial score (nSPS) is 25.1. The van der Waals surface area contributed by atoms with Crippen LogP contribution in [0.15, 0.2) is 11.3 Å². The van der Waals surface area contributed by atoms with Crippen molar-refractivity contribution in [2.75, 3.05) is 6.61 Å². The van der Waals surface area contributed by atoms with E-state index in [9.17, 15) is 8.78 Å². The van der Waals surface area contributed by atoms with Crippen LogP contribution in [-0.2, 0) is 4.74 Å². The first kappa shape index (κ1) is 12.5. The number of allylic oxidation sites excluding steroid dienone is 2. The van der Waals surface area contributed by atoms with Crippen molar-refractivity contribution in [3.63, 3.8) is 0 Å². The minimum atomic E-state index is -2.78. The molecule has 1 heterocycles. The van der Waals surface area contributed by atoms with Crippen molar-refractivity contribution in [2.24, 2.45) is 11.3 Å². The quantitative estimate of drug-likeness (QED) is 0.646. The van der Waals surface area contributed by atoms with Crippen molar-refractivity contribution >= 4 is 0 Å². The number of ether oxygens (including phenoxy) is 1. The Bertz CT molecular complexity index is 277. The lowest BCUT2D eigenvalue weighted by molar-refractivity contribution is -0.0793. The molecule has 0 N–H and O–H groups in total.